The second kappa shape index (κ2) is 15.2. The van der Waals surface area contributed by atoms with Crippen LogP contribution in [0.5, 0.6) is 0 Å². The van der Waals surface area contributed by atoms with Crippen LogP contribution in [0.4, 0.5) is 22.7 Å². The number of nitrogens with zero attached hydrogens (tertiary/aromatic N) is 4. The molecule has 0 saturated heterocycles. The number of benzene rings is 3. The van der Waals surface area contributed by atoms with Crippen LogP contribution in [0.15, 0.2) is 87.3 Å². The summed E-state index contributed by atoms with van der Waals surface area (Å²) in [7, 11) is 14.4. The van der Waals surface area contributed by atoms with Crippen molar-refractivity contribution in [2.45, 2.75) is 32.7 Å². The number of hydrogen-bond acceptors (Lipinski definition) is 4. The largest absolute Gasteiger partial charge is 1.00 e. The topological polar surface area (TPSA) is 13.0 Å². The molecular formula is C35H47Cl3N4SiTi. The summed E-state index contributed by atoms with van der Waals surface area (Å²) in [5, 5.41) is 4.13. The number of hydrogen-bond donors (Lipinski definition) is 0. The first-order valence-electron chi connectivity index (χ1n) is 14.3. The molecule has 236 valence electrons. The third-order valence-electron chi connectivity index (χ3n) is 9.44. The van der Waals surface area contributed by atoms with Gasteiger partial charge in [0.25, 0.3) is 0 Å². The van der Waals surface area contributed by atoms with E-state index in [0.717, 1.165) is 0 Å². The summed E-state index contributed by atoms with van der Waals surface area (Å²) in [5.74, 6) is 0. The minimum Gasteiger partial charge on any atom is -1.00 e. The van der Waals surface area contributed by atoms with Crippen LogP contribution in [0.1, 0.15) is 27.7 Å². The van der Waals surface area contributed by atoms with Gasteiger partial charge in [0.15, 0.2) is 0 Å². The molecule has 0 bridgehead atoms. The minimum absolute atomic E-state index is 0. The van der Waals surface area contributed by atoms with E-state index in [0.29, 0.717) is 0 Å². The van der Waals surface area contributed by atoms with Crippen LogP contribution >= 0.6 is 0 Å². The molecule has 4 nitrogen and oxygen atoms in total. The summed E-state index contributed by atoms with van der Waals surface area (Å²) in [6.45, 7) is 9.59. The fourth-order valence-corrected chi connectivity index (χ4v) is 14.2. The maximum atomic E-state index is 2.55. The number of allylic oxidation sites excluding steroid dienone is 4. The van der Waals surface area contributed by atoms with E-state index in [9.17, 15) is 0 Å². The van der Waals surface area contributed by atoms with E-state index >= 15 is 0 Å². The molecule has 44 heavy (non-hydrogen) atoms. The average Bonchev–Trinajstić information content (AvgIpc) is 3.09. The van der Waals surface area contributed by atoms with Gasteiger partial charge in [-0.3, -0.25) is 0 Å². The second-order valence-corrected chi connectivity index (χ2v) is 17.6. The molecule has 0 radical (unpaired) electrons. The predicted octanol–water partition coefficient (Wildman–Crippen LogP) is -3.64. The molecule has 0 amide bonds. The molecule has 9 heteroatoms. The van der Waals surface area contributed by atoms with Crippen LogP contribution < -0.4 is 72.4 Å². The molecule has 0 fully saturated rings. The van der Waals surface area contributed by atoms with Crippen LogP contribution in [0.2, 0.25) is 5.04 Å². The van der Waals surface area contributed by atoms with Gasteiger partial charge in [-0.2, -0.15) is 0 Å². The zero-order valence-electron chi connectivity index (χ0n) is 28.3. The molecule has 0 aromatic heterocycles. The average molecular weight is 706 g/mol. The molecule has 3 aromatic rings. The van der Waals surface area contributed by atoms with Crippen molar-refractivity contribution in [3.05, 3.63) is 87.3 Å². The molecule has 1 aliphatic carbocycles. The van der Waals surface area contributed by atoms with Crippen molar-refractivity contribution in [3.63, 3.8) is 0 Å². The molecule has 0 spiro atoms. The second-order valence-electron chi connectivity index (χ2n) is 12.5. The first kappa shape index (κ1) is 40.2. The van der Waals surface area contributed by atoms with Crippen LogP contribution in [-0.4, -0.2) is 64.5 Å². The maximum Gasteiger partial charge on any atom is -1.00 e. The van der Waals surface area contributed by atoms with E-state index in [4.69, 9.17) is 0 Å². The molecule has 4 rings (SSSR count). The Hall–Kier alpha value is -1.86. The van der Waals surface area contributed by atoms with E-state index in [-0.39, 0.29) is 42.3 Å². The molecule has 0 N–H and O–H groups in total. The first-order chi connectivity index (χ1) is 19.2. The van der Waals surface area contributed by atoms with Gasteiger partial charge in [0.2, 0.25) is 0 Å². The molecule has 1 unspecified atom stereocenters. The van der Waals surface area contributed by atoms with Crippen LogP contribution in [-0.2, 0) is 20.4 Å². The zero-order valence-corrected chi connectivity index (χ0v) is 33.1. The monoisotopic (exact) mass is 704 g/mol. The maximum absolute atomic E-state index is 2.86. The van der Waals surface area contributed by atoms with Crippen molar-refractivity contribution >= 4 is 46.4 Å². The van der Waals surface area contributed by atoms with Gasteiger partial charge in [0.1, 0.15) is 0 Å². The molecule has 1 atom stereocenters. The summed E-state index contributed by atoms with van der Waals surface area (Å²) in [5.41, 5.74) is 9.29. The Morgan fingerprint density at radius 1 is 0.523 bits per heavy atom. The standard InChI is InChI=1S/C35H47N4Si.3ClH.Ti/c1-25-24-35(4,27(3)26(25)2)40(32-16-14-13-15-17-32,33-20-28(36(5)6)18-29(21-33)37(7)8)34-22-30(38(9)10)19-31(23-34)39(11)12;;;;/h13-23H,1-12H3;3*1H;/q;;;;+3/p-3. The van der Waals surface area contributed by atoms with Gasteiger partial charge >= 0.3 is 263 Å². The van der Waals surface area contributed by atoms with Gasteiger partial charge < -0.3 is 37.2 Å². The van der Waals surface area contributed by atoms with Crippen molar-refractivity contribution in [2.24, 2.45) is 0 Å². The van der Waals surface area contributed by atoms with Gasteiger partial charge in [-0.05, 0) is 0 Å². The number of anilines is 4. The molecule has 0 saturated carbocycles. The molecule has 3 aromatic carbocycles. The fraction of sp³-hybridized carbons (Fsp3) is 0.371. The third kappa shape index (κ3) is 6.52. The van der Waals surface area contributed by atoms with Crippen molar-refractivity contribution < 1.29 is 57.7 Å². The third-order valence-corrected chi connectivity index (χ3v) is 16.8. The minimum atomic E-state index is -2.86. The fourth-order valence-electron chi connectivity index (χ4n) is 6.59. The Bertz CT molecular complexity index is 1380. The summed E-state index contributed by atoms with van der Waals surface area (Å²) in [6, 6.07) is 26.0. The SMILES string of the molecule is CC1=C(C)C(C)([Si](c2ccccc2)(c2cc(N(C)C)cc(N(C)C)c2)c2cc(N(C)C)cc(N(C)C)c2)[C]([Ti+3])=C1C.[Cl-].[Cl-].[Cl-]. The van der Waals surface area contributed by atoms with Gasteiger partial charge in [-0.1, -0.05) is 0 Å². The Labute approximate surface area is 298 Å². The summed E-state index contributed by atoms with van der Waals surface area (Å²) in [6.07, 6.45) is 0. The zero-order chi connectivity index (χ0) is 30.4. The van der Waals surface area contributed by atoms with E-state index in [1.165, 1.54) is 58.9 Å². The molecule has 0 aliphatic heterocycles. The van der Waals surface area contributed by atoms with Gasteiger partial charge in [0.05, 0.1) is 0 Å². The van der Waals surface area contributed by atoms with E-state index < -0.39 is 8.07 Å². The Morgan fingerprint density at radius 3 is 1.14 bits per heavy atom. The van der Waals surface area contributed by atoms with Crippen molar-refractivity contribution in [3.8, 4) is 0 Å². The van der Waals surface area contributed by atoms with Crippen LogP contribution in [0.25, 0.3) is 0 Å². The Morgan fingerprint density at radius 2 is 0.864 bits per heavy atom. The summed E-state index contributed by atoms with van der Waals surface area (Å²) < 4.78 is 1.49. The molecular weight excluding hydrogens is 659 g/mol. The van der Waals surface area contributed by atoms with Crippen molar-refractivity contribution in [2.75, 3.05) is 76.0 Å². The quantitative estimate of drug-likeness (QED) is 0.177. The van der Waals surface area contributed by atoms with E-state index in [2.05, 4.69) is 191 Å². The number of halogens is 3. The van der Waals surface area contributed by atoms with E-state index in [1.54, 1.807) is 0 Å². The molecule has 1 aliphatic rings. The van der Waals surface area contributed by atoms with Gasteiger partial charge in [-0.25, -0.2) is 0 Å². The predicted molar refractivity (Wildman–Crippen MR) is 181 cm³/mol. The smallest absolute Gasteiger partial charge is 1.00 e. The van der Waals surface area contributed by atoms with Crippen LogP contribution in [0.3, 0.4) is 0 Å². The summed E-state index contributed by atoms with van der Waals surface area (Å²) in [4.78, 5) is 9.00. The number of rotatable bonds is 8. The summed E-state index contributed by atoms with van der Waals surface area (Å²) >= 11 is 2.39. The first-order valence-corrected chi connectivity index (χ1v) is 17.1. The van der Waals surface area contributed by atoms with Gasteiger partial charge in [0, 0.05) is 0 Å². The molecule has 0 heterocycles. The van der Waals surface area contributed by atoms with Crippen molar-refractivity contribution in [1.29, 1.82) is 0 Å². The Balaban J connectivity index is 0.00000323. The van der Waals surface area contributed by atoms with Crippen molar-refractivity contribution in [1.82, 2.24) is 0 Å². The normalized spacial score (nSPS) is 16.1. The van der Waals surface area contributed by atoms with Gasteiger partial charge in [-0.15, -0.1) is 0 Å². The Kier molecular flexibility index (Phi) is 13.8. The van der Waals surface area contributed by atoms with Crippen LogP contribution in [0, 0.1) is 0 Å². The van der Waals surface area contributed by atoms with E-state index in [1.807, 2.05) is 0 Å².